The average Bonchev–Trinajstić information content (AvgIpc) is 3.38. The third-order valence-electron chi connectivity index (χ3n) is 10.9. The summed E-state index contributed by atoms with van der Waals surface area (Å²) in [6.07, 6.45) is 92.2. The third kappa shape index (κ3) is 57.6. The lowest BCUT2D eigenvalue weighted by molar-refractivity contribution is -0.162. The minimum atomic E-state index is -0.619. The van der Waals surface area contributed by atoms with Crippen molar-refractivity contribution >= 4 is 11.9 Å². The molecule has 0 aliphatic carbocycles. The highest BCUT2D eigenvalue weighted by atomic mass is 16.6. The molecule has 0 saturated heterocycles. The van der Waals surface area contributed by atoms with E-state index in [2.05, 4.69) is 197 Å². The molecular weight excluding hydrogens is 885 g/mol. The van der Waals surface area contributed by atoms with Gasteiger partial charge >= 0.3 is 11.9 Å². The Balaban J connectivity index is 4.55. The van der Waals surface area contributed by atoms with Gasteiger partial charge in [0.1, 0.15) is 6.61 Å². The van der Waals surface area contributed by atoms with Crippen LogP contribution in [0.2, 0.25) is 0 Å². The van der Waals surface area contributed by atoms with Crippen LogP contribution in [0, 0.1) is 0 Å². The summed E-state index contributed by atoms with van der Waals surface area (Å²) in [5, 5.41) is 0. The number of hydrogen-bond donors (Lipinski definition) is 0. The number of carbonyl (C=O) groups is 2. The van der Waals surface area contributed by atoms with E-state index >= 15 is 0 Å². The molecule has 1 atom stereocenters. The highest BCUT2D eigenvalue weighted by Crippen LogP contribution is 2.11. The normalized spacial score (nSPS) is 13.7. The molecule has 0 bridgehead atoms. The maximum atomic E-state index is 12.8. The SMILES string of the molecule is CC/C=C\C/C=C\C/C=C\C/C=C\C/C=C\C/C=C\CCC(=O)OCC(COCCCCCCCCC/C=C\C/C=C\C/C=C\C/C=C\CC)OC(=O)CCC/C=C\C/C=C\C/C=C\C/C=C\C/C=C\CC. The van der Waals surface area contributed by atoms with E-state index in [9.17, 15) is 9.59 Å². The van der Waals surface area contributed by atoms with Gasteiger partial charge < -0.3 is 14.2 Å². The van der Waals surface area contributed by atoms with E-state index in [1.54, 1.807) is 0 Å². The van der Waals surface area contributed by atoms with Crippen molar-refractivity contribution in [2.24, 2.45) is 0 Å². The van der Waals surface area contributed by atoms with E-state index in [4.69, 9.17) is 14.2 Å². The third-order valence-corrected chi connectivity index (χ3v) is 10.9. The van der Waals surface area contributed by atoms with Crippen molar-refractivity contribution in [3.05, 3.63) is 182 Å². The summed E-state index contributed by atoms with van der Waals surface area (Å²) in [5.74, 6) is -0.584. The quantitative estimate of drug-likeness (QED) is 0.0345. The predicted octanol–water partition coefficient (Wildman–Crippen LogP) is 19.8. The lowest BCUT2D eigenvalue weighted by Crippen LogP contribution is -2.30. The number of rotatable bonds is 49. The van der Waals surface area contributed by atoms with E-state index < -0.39 is 6.10 Å². The Morgan fingerprint density at radius 3 is 0.986 bits per heavy atom. The maximum absolute atomic E-state index is 12.8. The van der Waals surface area contributed by atoms with Crippen LogP contribution in [0.3, 0.4) is 0 Å². The van der Waals surface area contributed by atoms with E-state index in [-0.39, 0.29) is 31.6 Å². The molecule has 400 valence electrons. The van der Waals surface area contributed by atoms with E-state index in [1.165, 1.54) is 32.1 Å². The first kappa shape index (κ1) is 67.0. The molecular formula is C67H102O5. The van der Waals surface area contributed by atoms with Crippen molar-refractivity contribution in [1.82, 2.24) is 0 Å². The van der Waals surface area contributed by atoms with Crippen LogP contribution in [-0.2, 0) is 23.8 Å². The molecule has 0 aromatic carbocycles. The van der Waals surface area contributed by atoms with Crippen molar-refractivity contribution < 1.29 is 23.8 Å². The van der Waals surface area contributed by atoms with E-state index in [1.807, 2.05) is 6.08 Å². The van der Waals surface area contributed by atoms with Crippen LogP contribution in [0.15, 0.2) is 182 Å². The molecule has 72 heavy (non-hydrogen) atoms. The first-order valence-electron chi connectivity index (χ1n) is 28.3. The van der Waals surface area contributed by atoms with Crippen LogP contribution < -0.4 is 0 Å². The fraction of sp³-hybridized carbons (Fsp3) is 0.522. The Bertz CT molecular complexity index is 1680. The molecule has 5 heteroatoms. The highest BCUT2D eigenvalue weighted by Gasteiger charge is 2.17. The summed E-state index contributed by atoms with van der Waals surface area (Å²) < 4.78 is 17.3. The summed E-state index contributed by atoms with van der Waals surface area (Å²) in [6, 6.07) is 0. The van der Waals surface area contributed by atoms with Crippen molar-refractivity contribution in [2.75, 3.05) is 19.8 Å². The molecule has 0 saturated carbocycles. The number of esters is 2. The molecule has 0 radical (unpaired) electrons. The van der Waals surface area contributed by atoms with Crippen LogP contribution in [0.1, 0.15) is 201 Å². The van der Waals surface area contributed by atoms with Crippen LogP contribution in [0.25, 0.3) is 0 Å². The van der Waals surface area contributed by atoms with Gasteiger partial charge in [-0.15, -0.1) is 0 Å². The number of allylic oxidation sites excluding steroid dienone is 30. The molecule has 0 heterocycles. The molecule has 0 N–H and O–H groups in total. The number of hydrogen-bond acceptors (Lipinski definition) is 5. The zero-order chi connectivity index (χ0) is 52.0. The number of unbranched alkanes of at least 4 members (excludes halogenated alkanes) is 8. The van der Waals surface area contributed by atoms with Crippen molar-refractivity contribution in [3.8, 4) is 0 Å². The summed E-state index contributed by atoms with van der Waals surface area (Å²) in [7, 11) is 0. The molecule has 0 aromatic heterocycles. The van der Waals surface area contributed by atoms with Crippen LogP contribution in [-0.4, -0.2) is 37.9 Å². The minimum Gasteiger partial charge on any atom is -0.462 e. The maximum Gasteiger partial charge on any atom is 0.306 e. The zero-order valence-corrected chi connectivity index (χ0v) is 45.9. The second-order valence-corrected chi connectivity index (χ2v) is 17.7. The monoisotopic (exact) mass is 987 g/mol. The Hall–Kier alpha value is -5.00. The Labute approximate surface area is 442 Å². The van der Waals surface area contributed by atoms with Gasteiger partial charge in [0, 0.05) is 19.4 Å². The Kier molecular flexibility index (Phi) is 56.1. The molecule has 0 aromatic rings. The smallest absolute Gasteiger partial charge is 0.306 e. The van der Waals surface area contributed by atoms with Gasteiger partial charge in [-0.25, -0.2) is 0 Å². The second-order valence-electron chi connectivity index (χ2n) is 17.7. The van der Waals surface area contributed by atoms with Crippen LogP contribution >= 0.6 is 0 Å². The summed E-state index contributed by atoms with van der Waals surface area (Å²) in [4.78, 5) is 25.5. The summed E-state index contributed by atoms with van der Waals surface area (Å²) in [6.45, 7) is 7.29. The molecule has 5 nitrogen and oxygen atoms in total. The largest absolute Gasteiger partial charge is 0.462 e. The van der Waals surface area contributed by atoms with Gasteiger partial charge in [-0.05, 0) is 135 Å². The fourth-order valence-electron chi connectivity index (χ4n) is 6.86. The predicted molar refractivity (Wildman–Crippen MR) is 315 cm³/mol. The van der Waals surface area contributed by atoms with Crippen molar-refractivity contribution in [2.45, 2.75) is 207 Å². The molecule has 0 aliphatic rings. The zero-order valence-electron chi connectivity index (χ0n) is 45.9. The molecule has 0 fully saturated rings. The molecule has 0 amide bonds. The van der Waals surface area contributed by atoms with E-state index in [0.717, 1.165) is 122 Å². The standard InChI is InChI=1S/C67H102O5/c1-4-7-10-13-16-19-22-25-28-31-33-35-38-41-44-47-50-53-56-59-62-70-63-65(72-67(69)61-58-55-52-49-46-43-40-36-30-27-24-21-18-15-12-9-6-3)64-71-66(68)60-57-54-51-48-45-42-39-37-34-32-29-26-23-20-17-14-11-8-5-2/h7-12,16-21,25-30,33-35,37,40,42-43,45,49,51-52,54,65H,4-6,13-15,22-24,31-32,36,38-39,41,44,46-48,50,53,55-64H2,1-3H3/b10-7-,11-8-,12-9-,19-16-,20-17-,21-18-,28-25-,29-26-,30-27-,35-33-,37-34-,43-40-,45-42-,52-49-,54-51-. The van der Waals surface area contributed by atoms with Gasteiger partial charge in [0.15, 0.2) is 6.10 Å². The summed E-state index contributed by atoms with van der Waals surface area (Å²) >= 11 is 0. The number of ether oxygens (including phenoxy) is 3. The summed E-state index contributed by atoms with van der Waals surface area (Å²) in [5.41, 5.74) is 0. The molecule has 0 rings (SSSR count). The van der Waals surface area contributed by atoms with E-state index in [0.29, 0.717) is 25.9 Å². The molecule has 0 spiro atoms. The second kappa shape index (κ2) is 60.3. The first-order chi connectivity index (χ1) is 35.6. The lowest BCUT2D eigenvalue weighted by Gasteiger charge is -2.18. The average molecular weight is 988 g/mol. The number of carbonyl (C=O) groups excluding carboxylic acids is 2. The molecule has 1 unspecified atom stereocenters. The Morgan fingerprint density at radius 2 is 0.611 bits per heavy atom. The fourth-order valence-corrected chi connectivity index (χ4v) is 6.86. The van der Waals surface area contributed by atoms with Crippen molar-refractivity contribution in [3.63, 3.8) is 0 Å². The van der Waals surface area contributed by atoms with Gasteiger partial charge in [0.2, 0.25) is 0 Å². The van der Waals surface area contributed by atoms with Crippen molar-refractivity contribution in [1.29, 1.82) is 0 Å². The Morgan fingerprint density at radius 1 is 0.306 bits per heavy atom. The lowest BCUT2D eigenvalue weighted by atomic mass is 10.1. The van der Waals surface area contributed by atoms with Crippen LogP contribution in [0.5, 0.6) is 0 Å². The van der Waals surface area contributed by atoms with Gasteiger partial charge in [0.25, 0.3) is 0 Å². The highest BCUT2D eigenvalue weighted by molar-refractivity contribution is 5.70. The molecule has 0 aliphatic heterocycles. The minimum absolute atomic E-state index is 0.00398. The first-order valence-corrected chi connectivity index (χ1v) is 28.3. The van der Waals surface area contributed by atoms with Gasteiger partial charge in [-0.3, -0.25) is 9.59 Å². The topological polar surface area (TPSA) is 61.8 Å². The van der Waals surface area contributed by atoms with Crippen LogP contribution in [0.4, 0.5) is 0 Å². The van der Waals surface area contributed by atoms with Gasteiger partial charge in [-0.1, -0.05) is 235 Å². The van der Waals surface area contributed by atoms with Gasteiger partial charge in [-0.2, -0.15) is 0 Å². The van der Waals surface area contributed by atoms with Gasteiger partial charge in [0.05, 0.1) is 6.61 Å².